The summed E-state index contributed by atoms with van der Waals surface area (Å²) in [5.41, 5.74) is 14.4. The fraction of sp³-hybridized carbons (Fsp3) is 0. The van der Waals surface area contributed by atoms with E-state index in [4.69, 9.17) is 19.4 Å². The third-order valence-corrected chi connectivity index (χ3v) is 11.3. The summed E-state index contributed by atoms with van der Waals surface area (Å²) in [6.07, 6.45) is 0. The lowest BCUT2D eigenvalue weighted by Crippen LogP contribution is -2.11. The summed E-state index contributed by atoms with van der Waals surface area (Å²) >= 11 is 0. The van der Waals surface area contributed by atoms with E-state index in [1.807, 2.05) is 72.8 Å². The summed E-state index contributed by atoms with van der Waals surface area (Å²) in [6.45, 7) is 0. The van der Waals surface area contributed by atoms with E-state index < -0.39 is 0 Å². The first-order valence-corrected chi connectivity index (χ1v) is 20.8. The predicted molar refractivity (Wildman–Crippen MR) is 254 cm³/mol. The number of hydrogen-bond donors (Lipinski definition) is 0. The Labute approximate surface area is 359 Å². The van der Waals surface area contributed by atoms with Crippen LogP contribution in [0.1, 0.15) is 0 Å². The van der Waals surface area contributed by atoms with Gasteiger partial charge in [-0.05, 0) is 82.4 Å². The molecule has 0 atom stereocenters. The number of hydrogen-bond acceptors (Lipinski definition) is 5. The van der Waals surface area contributed by atoms with E-state index in [0.717, 1.165) is 77.9 Å². The third kappa shape index (κ3) is 6.97. The van der Waals surface area contributed by atoms with E-state index >= 15 is 0 Å². The molecule has 0 saturated heterocycles. The van der Waals surface area contributed by atoms with Crippen molar-refractivity contribution in [2.75, 3.05) is 4.90 Å². The van der Waals surface area contributed by atoms with Crippen LogP contribution in [-0.2, 0) is 0 Å². The van der Waals surface area contributed by atoms with Crippen molar-refractivity contribution < 1.29 is 4.42 Å². The molecule has 11 aromatic rings. The summed E-state index contributed by atoms with van der Waals surface area (Å²) in [4.78, 5) is 17.3. The van der Waals surface area contributed by atoms with Gasteiger partial charge < -0.3 is 9.32 Å². The lowest BCUT2D eigenvalue weighted by atomic mass is 9.97. The molecule has 5 nitrogen and oxygen atoms in total. The molecule has 0 bridgehead atoms. The topological polar surface area (TPSA) is 55.1 Å². The Balaban J connectivity index is 0.968. The van der Waals surface area contributed by atoms with Crippen molar-refractivity contribution in [3.63, 3.8) is 0 Å². The van der Waals surface area contributed by atoms with E-state index in [2.05, 4.69) is 163 Å². The van der Waals surface area contributed by atoms with E-state index in [1.54, 1.807) is 0 Å². The minimum atomic E-state index is 0.596. The van der Waals surface area contributed by atoms with Gasteiger partial charge in [-0.25, -0.2) is 15.0 Å². The second kappa shape index (κ2) is 16.0. The van der Waals surface area contributed by atoms with Gasteiger partial charge in [-0.15, -0.1) is 0 Å². The van der Waals surface area contributed by atoms with Crippen LogP contribution in [0, 0.1) is 0 Å². The number of anilines is 3. The molecule has 0 spiro atoms. The van der Waals surface area contributed by atoms with Gasteiger partial charge in [0.25, 0.3) is 0 Å². The maximum atomic E-state index is 6.60. The summed E-state index contributed by atoms with van der Waals surface area (Å²) in [5.74, 6) is 1.84. The van der Waals surface area contributed by atoms with Gasteiger partial charge >= 0.3 is 0 Å². The first-order valence-electron chi connectivity index (χ1n) is 20.8. The molecule has 2 aromatic heterocycles. The Morgan fingerprint density at radius 3 is 1.48 bits per heavy atom. The quantitative estimate of drug-likeness (QED) is 0.146. The summed E-state index contributed by atoms with van der Waals surface area (Å²) in [5, 5.41) is 1.97. The largest absolute Gasteiger partial charge is 0.456 e. The average Bonchev–Trinajstić information content (AvgIpc) is 3.74. The van der Waals surface area contributed by atoms with Gasteiger partial charge in [-0.3, -0.25) is 0 Å². The van der Waals surface area contributed by atoms with Crippen molar-refractivity contribution in [1.82, 2.24) is 15.0 Å². The van der Waals surface area contributed by atoms with E-state index in [1.165, 1.54) is 11.1 Å². The van der Waals surface area contributed by atoms with Crippen molar-refractivity contribution >= 4 is 39.0 Å². The molecule has 2 heterocycles. The number of rotatable bonds is 9. The summed E-state index contributed by atoms with van der Waals surface area (Å²) in [7, 11) is 0. The van der Waals surface area contributed by atoms with Crippen LogP contribution in [0.4, 0.5) is 17.1 Å². The molecular weight excluding hydrogens is 757 g/mol. The maximum Gasteiger partial charge on any atom is 0.164 e. The zero-order valence-corrected chi connectivity index (χ0v) is 33.6. The molecule has 0 aliphatic heterocycles. The first kappa shape index (κ1) is 36.7. The van der Waals surface area contributed by atoms with Crippen LogP contribution >= 0.6 is 0 Å². The lowest BCUT2D eigenvalue weighted by Gasteiger charge is -2.28. The molecule has 0 unspecified atom stereocenters. The van der Waals surface area contributed by atoms with Crippen LogP contribution in [0.3, 0.4) is 0 Å². The molecule has 9 aromatic carbocycles. The molecule has 0 fully saturated rings. The van der Waals surface area contributed by atoms with Crippen molar-refractivity contribution in [3.05, 3.63) is 231 Å². The number of furan rings is 1. The molecule has 0 aliphatic rings. The van der Waals surface area contributed by atoms with Crippen LogP contribution in [0.5, 0.6) is 0 Å². The van der Waals surface area contributed by atoms with Crippen LogP contribution < -0.4 is 4.90 Å². The van der Waals surface area contributed by atoms with Gasteiger partial charge in [-0.1, -0.05) is 176 Å². The van der Waals surface area contributed by atoms with Crippen molar-refractivity contribution in [3.8, 4) is 67.5 Å². The highest BCUT2D eigenvalue weighted by Gasteiger charge is 2.20. The number of aromatic nitrogens is 3. The highest BCUT2D eigenvalue weighted by Crippen LogP contribution is 2.43. The minimum Gasteiger partial charge on any atom is -0.456 e. The molecule has 5 heteroatoms. The Morgan fingerprint density at radius 2 is 0.790 bits per heavy atom. The Morgan fingerprint density at radius 1 is 0.306 bits per heavy atom. The van der Waals surface area contributed by atoms with Gasteiger partial charge in [0.05, 0.1) is 5.69 Å². The Kier molecular flexibility index (Phi) is 9.45. The van der Waals surface area contributed by atoms with E-state index in [-0.39, 0.29) is 0 Å². The van der Waals surface area contributed by atoms with Crippen LogP contribution in [0.25, 0.3) is 89.5 Å². The van der Waals surface area contributed by atoms with Crippen LogP contribution in [0.2, 0.25) is 0 Å². The second-order valence-corrected chi connectivity index (χ2v) is 15.2. The van der Waals surface area contributed by atoms with Crippen LogP contribution in [-0.4, -0.2) is 15.0 Å². The smallest absolute Gasteiger partial charge is 0.164 e. The van der Waals surface area contributed by atoms with Gasteiger partial charge in [0.2, 0.25) is 0 Å². The molecule has 0 aliphatic carbocycles. The van der Waals surface area contributed by atoms with Crippen LogP contribution in [0.15, 0.2) is 235 Å². The normalized spacial score (nSPS) is 11.2. The van der Waals surface area contributed by atoms with E-state index in [0.29, 0.717) is 17.5 Å². The third-order valence-electron chi connectivity index (χ3n) is 11.3. The molecule has 11 rings (SSSR count). The van der Waals surface area contributed by atoms with Gasteiger partial charge in [-0.2, -0.15) is 0 Å². The molecule has 0 radical (unpaired) electrons. The van der Waals surface area contributed by atoms with Crippen molar-refractivity contribution in [2.24, 2.45) is 0 Å². The Bertz CT molecular complexity index is 3270. The fourth-order valence-electron chi connectivity index (χ4n) is 8.34. The SMILES string of the molecule is c1ccc(-c2cccc(-c3ccccc3N(c3ccccc3)c3ccc(-c4ccc5c(c4)oc4cccc(-c6nc(-c7ccccc7)nc(-c7ccccc7)n6)c45)cc3)c2)cc1. The molecular formula is C57H38N4O. The number of fused-ring (bicyclic) bond motifs is 3. The molecule has 62 heavy (non-hydrogen) atoms. The molecule has 292 valence electrons. The Hall–Kier alpha value is -8.41. The predicted octanol–water partition coefficient (Wildman–Crippen LogP) is 15.2. The number of benzene rings is 9. The summed E-state index contributed by atoms with van der Waals surface area (Å²) in [6, 6.07) is 80.0. The molecule has 0 amide bonds. The highest BCUT2D eigenvalue weighted by atomic mass is 16.3. The van der Waals surface area contributed by atoms with Crippen molar-refractivity contribution in [1.29, 1.82) is 0 Å². The molecule has 0 N–H and O–H groups in total. The van der Waals surface area contributed by atoms with Gasteiger partial charge in [0.15, 0.2) is 17.5 Å². The lowest BCUT2D eigenvalue weighted by molar-refractivity contribution is 0.669. The minimum absolute atomic E-state index is 0.596. The monoisotopic (exact) mass is 794 g/mol. The maximum absolute atomic E-state index is 6.60. The fourth-order valence-corrected chi connectivity index (χ4v) is 8.34. The standard InChI is InChI=1S/C57H38N4O/c1-5-17-39(18-6-1)43-23-15-24-45(37-43)48-27-13-14-29-51(48)61(46-25-11-4-12-26-46)47-34-31-40(32-35-47)44-33-36-49-53(38-44)62-52-30-16-28-50(54(49)52)57-59-55(41-19-7-2-8-20-41)58-56(60-57)42-21-9-3-10-22-42/h1-38H. The summed E-state index contributed by atoms with van der Waals surface area (Å²) < 4.78 is 6.60. The molecule has 0 saturated carbocycles. The van der Waals surface area contributed by atoms with E-state index in [9.17, 15) is 0 Å². The highest BCUT2D eigenvalue weighted by molar-refractivity contribution is 6.12. The zero-order chi connectivity index (χ0) is 41.2. The van der Waals surface area contributed by atoms with Gasteiger partial charge in [0.1, 0.15) is 11.2 Å². The number of nitrogens with zero attached hydrogens (tertiary/aromatic N) is 4. The van der Waals surface area contributed by atoms with Gasteiger partial charge in [0, 0.05) is 44.4 Å². The first-order chi connectivity index (χ1) is 30.7. The average molecular weight is 795 g/mol. The second-order valence-electron chi connectivity index (χ2n) is 15.2. The zero-order valence-electron chi connectivity index (χ0n) is 33.6. The number of para-hydroxylation sites is 2. The van der Waals surface area contributed by atoms with Crippen molar-refractivity contribution in [2.45, 2.75) is 0 Å².